The van der Waals surface area contributed by atoms with Crippen molar-refractivity contribution < 1.29 is 10.2 Å². The van der Waals surface area contributed by atoms with Gasteiger partial charge in [-0.15, -0.1) is 0 Å². The van der Waals surface area contributed by atoms with Crippen LogP contribution >= 0.6 is 0 Å². The summed E-state index contributed by atoms with van der Waals surface area (Å²) in [5.74, 6) is -0.501. The Balaban J connectivity index is 0.000000155. The number of hydrogen-bond acceptors (Lipinski definition) is 5. The Labute approximate surface area is 217 Å². The molecule has 0 atom stereocenters. The highest BCUT2D eigenvalue weighted by atomic mass is 16.3. The van der Waals surface area contributed by atoms with Crippen LogP contribution in [0.1, 0.15) is 22.3 Å². The molecule has 0 saturated carbocycles. The minimum atomic E-state index is -0.467. The number of H-pyrrole nitrogens is 2. The lowest BCUT2D eigenvalue weighted by atomic mass is 10.0. The van der Waals surface area contributed by atoms with Crippen LogP contribution in [0.15, 0.2) is 113 Å². The van der Waals surface area contributed by atoms with Crippen molar-refractivity contribution in [1.29, 1.82) is 0 Å². The van der Waals surface area contributed by atoms with Crippen LogP contribution in [0.25, 0.3) is 21.8 Å². The molecule has 0 bridgehead atoms. The first-order valence-corrected chi connectivity index (χ1v) is 12.1. The van der Waals surface area contributed by atoms with E-state index in [2.05, 4.69) is 27.1 Å². The molecule has 0 aliphatic carbocycles. The minimum absolute atomic E-state index is 0.243. The summed E-state index contributed by atoms with van der Waals surface area (Å²) in [4.78, 5) is 32.2. The average Bonchev–Trinajstić information content (AvgIpc) is 2.92. The molecule has 3 aromatic heterocycles. The Morgan fingerprint density at radius 3 is 1.66 bits per heavy atom. The number of aromatic amines is 2. The van der Waals surface area contributed by atoms with E-state index in [1.165, 1.54) is 17.7 Å². The highest BCUT2D eigenvalue weighted by Crippen LogP contribution is 2.22. The largest absolute Gasteiger partial charge is 0.503 e. The molecule has 0 unspecified atom stereocenters. The summed E-state index contributed by atoms with van der Waals surface area (Å²) >= 11 is 0. The van der Waals surface area contributed by atoms with E-state index in [-0.39, 0.29) is 11.5 Å². The molecule has 4 N–H and O–H groups in total. The van der Waals surface area contributed by atoms with Crippen molar-refractivity contribution in [2.45, 2.75) is 12.8 Å². The number of hydrogen-bond donors (Lipinski definition) is 4. The lowest BCUT2D eigenvalue weighted by Crippen LogP contribution is -2.05. The molecule has 7 nitrogen and oxygen atoms in total. The van der Waals surface area contributed by atoms with Gasteiger partial charge in [-0.1, -0.05) is 60.7 Å². The number of aromatic hydroxyl groups is 2. The minimum Gasteiger partial charge on any atom is -0.503 e. The monoisotopic (exact) mass is 503 g/mol. The van der Waals surface area contributed by atoms with Gasteiger partial charge in [-0.05, 0) is 65.4 Å². The Morgan fingerprint density at radius 2 is 1.13 bits per heavy atom. The van der Waals surface area contributed by atoms with Crippen molar-refractivity contribution in [3.63, 3.8) is 0 Å². The fraction of sp³-hybridized carbons (Fsp3) is 0.0645. The van der Waals surface area contributed by atoms with Crippen molar-refractivity contribution in [1.82, 2.24) is 15.0 Å². The summed E-state index contributed by atoms with van der Waals surface area (Å²) in [6, 6.07) is 28.5. The van der Waals surface area contributed by atoms with E-state index < -0.39 is 11.1 Å². The standard InChI is InChI=1S/C16H13NO2.C15H12N2O2/c18-15-10-13-12(9-11-5-2-1-3-6-11)7-4-8-14(13)17-16(15)19;18-14-8-12-11(7-10-3-2-6-16-9-10)4-1-5-13(12)17-15(14)19/h1-8,10,18H,9H2,(H,17,19);1-6,8-9,18H,7H2,(H,17,19). The maximum Gasteiger partial charge on any atom is 0.290 e. The number of nitrogens with one attached hydrogen (secondary N) is 2. The van der Waals surface area contributed by atoms with Crippen LogP contribution in [0.2, 0.25) is 0 Å². The second-order valence-corrected chi connectivity index (χ2v) is 8.92. The molecule has 3 heterocycles. The van der Waals surface area contributed by atoms with E-state index in [0.717, 1.165) is 44.9 Å². The molecule has 0 saturated heterocycles. The fourth-order valence-corrected chi connectivity index (χ4v) is 4.41. The molecule has 188 valence electrons. The fourth-order valence-electron chi connectivity index (χ4n) is 4.41. The van der Waals surface area contributed by atoms with Gasteiger partial charge in [0.1, 0.15) is 0 Å². The lowest BCUT2D eigenvalue weighted by molar-refractivity contribution is 0.467. The van der Waals surface area contributed by atoms with Crippen LogP contribution in [0.4, 0.5) is 0 Å². The van der Waals surface area contributed by atoms with Crippen LogP contribution in [-0.2, 0) is 12.8 Å². The van der Waals surface area contributed by atoms with Crippen LogP contribution in [0, 0.1) is 0 Å². The highest BCUT2D eigenvalue weighted by Gasteiger charge is 2.07. The summed E-state index contributed by atoms with van der Waals surface area (Å²) in [6.45, 7) is 0. The first kappa shape index (κ1) is 24.5. The molecule has 0 aliphatic rings. The second kappa shape index (κ2) is 10.8. The molecule has 3 aromatic carbocycles. The molecule has 0 fully saturated rings. The third-order valence-corrected chi connectivity index (χ3v) is 6.27. The van der Waals surface area contributed by atoms with Crippen LogP contribution in [-0.4, -0.2) is 25.2 Å². The van der Waals surface area contributed by atoms with Gasteiger partial charge in [-0.3, -0.25) is 14.6 Å². The van der Waals surface area contributed by atoms with E-state index >= 15 is 0 Å². The van der Waals surface area contributed by atoms with E-state index in [4.69, 9.17) is 0 Å². The predicted molar refractivity (Wildman–Crippen MR) is 149 cm³/mol. The van der Waals surface area contributed by atoms with Gasteiger partial charge in [-0.2, -0.15) is 0 Å². The molecule has 6 rings (SSSR count). The van der Waals surface area contributed by atoms with Crippen LogP contribution in [0.3, 0.4) is 0 Å². The summed E-state index contributed by atoms with van der Waals surface area (Å²) in [7, 11) is 0. The van der Waals surface area contributed by atoms with Crippen molar-refractivity contribution in [2.24, 2.45) is 0 Å². The molecule has 6 aromatic rings. The summed E-state index contributed by atoms with van der Waals surface area (Å²) in [5.41, 5.74) is 4.95. The Bertz CT molecular complexity index is 1690. The van der Waals surface area contributed by atoms with Gasteiger partial charge in [-0.25, -0.2) is 0 Å². The number of fused-ring (bicyclic) bond motifs is 2. The van der Waals surface area contributed by atoms with Crippen LogP contribution in [0.5, 0.6) is 11.5 Å². The molecule has 7 heteroatoms. The zero-order valence-electron chi connectivity index (χ0n) is 20.4. The van der Waals surface area contributed by atoms with E-state index in [0.29, 0.717) is 6.42 Å². The first-order chi connectivity index (χ1) is 18.5. The zero-order chi connectivity index (χ0) is 26.5. The molecule has 0 spiro atoms. The third-order valence-electron chi connectivity index (χ3n) is 6.27. The maximum absolute atomic E-state index is 11.4. The van der Waals surface area contributed by atoms with Gasteiger partial charge in [0.25, 0.3) is 11.1 Å². The second-order valence-electron chi connectivity index (χ2n) is 8.92. The molecular formula is C31H25N3O4. The van der Waals surface area contributed by atoms with Gasteiger partial charge in [0.15, 0.2) is 11.5 Å². The van der Waals surface area contributed by atoms with Crippen molar-refractivity contribution in [3.05, 3.63) is 146 Å². The average molecular weight is 504 g/mol. The number of rotatable bonds is 4. The maximum atomic E-state index is 11.4. The Hall–Kier alpha value is -5.17. The number of nitrogens with zero attached hydrogens (tertiary/aromatic N) is 1. The topological polar surface area (TPSA) is 119 Å². The number of aromatic nitrogens is 3. The summed E-state index contributed by atoms with van der Waals surface area (Å²) < 4.78 is 0. The summed E-state index contributed by atoms with van der Waals surface area (Å²) in [5, 5.41) is 20.8. The molecule has 0 aliphatic heterocycles. The molecule has 0 amide bonds. The lowest BCUT2D eigenvalue weighted by Gasteiger charge is -2.07. The van der Waals surface area contributed by atoms with Gasteiger partial charge < -0.3 is 20.2 Å². The van der Waals surface area contributed by atoms with E-state index in [1.54, 1.807) is 6.20 Å². The van der Waals surface area contributed by atoms with Crippen molar-refractivity contribution in [3.8, 4) is 11.5 Å². The van der Waals surface area contributed by atoms with Gasteiger partial charge in [0.2, 0.25) is 0 Å². The van der Waals surface area contributed by atoms with E-state index in [9.17, 15) is 19.8 Å². The van der Waals surface area contributed by atoms with Crippen molar-refractivity contribution >= 4 is 21.8 Å². The van der Waals surface area contributed by atoms with Gasteiger partial charge in [0, 0.05) is 34.2 Å². The Kier molecular flexibility index (Phi) is 6.99. The SMILES string of the molecule is O=c1[nH]c2cccc(Cc3ccccc3)c2cc1O.O=c1[nH]c2cccc(Cc3cccnc3)c2cc1O. The van der Waals surface area contributed by atoms with E-state index in [1.807, 2.05) is 72.9 Å². The Morgan fingerprint density at radius 1 is 0.605 bits per heavy atom. The third kappa shape index (κ3) is 5.47. The predicted octanol–water partition coefficient (Wildman–Crippen LogP) is 5.04. The van der Waals surface area contributed by atoms with Gasteiger partial charge in [0.05, 0.1) is 0 Å². The smallest absolute Gasteiger partial charge is 0.290 e. The number of benzene rings is 3. The molecular weight excluding hydrogens is 478 g/mol. The quantitative estimate of drug-likeness (QED) is 0.269. The molecule has 0 radical (unpaired) electrons. The highest BCUT2D eigenvalue weighted by molar-refractivity contribution is 5.84. The number of pyridine rings is 3. The van der Waals surface area contributed by atoms with Crippen molar-refractivity contribution in [2.75, 3.05) is 0 Å². The van der Waals surface area contributed by atoms with Gasteiger partial charge >= 0.3 is 0 Å². The van der Waals surface area contributed by atoms with Crippen LogP contribution < -0.4 is 11.1 Å². The normalized spacial score (nSPS) is 10.7. The summed E-state index contributed by atoms with van der Waals surface area (Å²) in [6.07, 6.45) is 5.01. The zero-order valence-corrected chi connectivity index (χ0v) is 20.4. The first-order valence-electron chi connectivity index (χ1n) is 12.1. The molecule has 38 heavy (non-hydrogen) atoms.